The number of carbonyl (C=O) groups excluding carboxylic acids is 3. The fourth-order valence-corrected chi connectivity index (χ4v) is 3.98. The van der Waals surface area contributed by atoms with Crippen molar-refractivity contribution in [1.82, 2.24) is 9.88 Å². The standard InChI is InChI=1S/C20H24N4O5S/c1-28-15-4-3-13(9-16(15)29-2)19(27)23-20-22-14(11-30-20)10-17(25)24-7-5-12(6-8-24)18(21)26/h3-4,9,11-12H,5-8,10H2,1-2H3,(H2,21,26)(H,22,23,27). The summed E-state index contributed by atoms with van der Waals surface area (Å²) in [5.74, 6) is 0.125. The molecule has 10 heteroatoms. The van der Waals surface area contributed by atoms with Crippen LogP contribution in [0, 0.1) is 5.92 Å². The Balaban J connectivity index is 1.57. The highest BCUT2D eigenvalue weighted by Crippen LogP contribution is 2.28. The average Bonchev–Trinajstić information content (AvgIpc) is 3.19. The number of piperidine rings is 1. The van der Waals surface area contributed by atoms with E-state index in [1.54, 1.807) is 28.5 Å². The van der Waals surface area contributed by atoms with Crippen molar-refractivity contribution in [2.24, 2.45) is 11.7 Å². The molecule has 1 saturated heterocycles. The first-order valence-corrected chi connectivity index (χ1v) is 10.3. The van der Waals surface area contributed by atoms with Crippen LogP contribution >= 0.6 is 11.3 Å². The largest absolute Gasteiger partial charge is 0.493 e. The molecule has 2 aromatic rings. The molecule has 1 fully saturated rings. The van der Waals surface area contributed by atoms with Crippen molar-refractivity contribution in [3.05, 3.63) is 34.8 Å². The zero-order valence-corrected chi connectivity index (χ0v) is 17.7. The molecule has 30 heavy (non-hydrogen) atoms. The van der Waals surface area contributed by atoms with Gasteiger partial charge in [-0.25, -0.2) is 4.98 Å². The van der Waals surface area contributed by atoms with Crippen LogP contribution in [-0.4, -0.2) is 54.9 Å². The second-order valence-electron chi connectivity index (χ2n) is 6.90. The Hall–Kier alpha value is -3.14. The van der Waals surface area contributed by atoms with E-state index in [2.05, 4.69) is 10.3 Å². The Kier molecular flexibility index (Phi) is 6.88. The third-order valence-electron chi connectivity index (χ3n) is 5.00. The molecule has 3 N–H and O–H groups in total. The fourth-order valence-electron chi connectivity index (χ4n) is 3.27. The number of anilines is 1. The molecule has 1 aliphatic heterocycles. The lowest BCUT2D eigenvalue weighted by Gasteiger charge is -2.30. The van der Waals surface area contributed by atoms with Crippen LogP contribution in [-0.2, 0) is 16.0 Å². The molecule has 9 nitrogen and oxygen atoms in total. The average molecular weight is 433 g/mol. The molecule has 1 aromatic heterocycles. The predicted octanol–water partition coefficient (Wildman–Crippen LogP) is 1.68. The predicted molar refractivity (Wildman–Crippen MR) is 112 cm³/mol. The number of rotatable bonds is 7. The third kappa shape index (κ3) is 5.07. The molecule has 3 rings (SSSR count). The Morgan fingerprint density at radius 3 is 2.53 bits per heavy atom. The number of nitrogens with two attached hydrogens (primary N) is 1. The number of hydrogen-bond donors (Lipinski definition) is 2. The SMILES string of the molecule is COc1ccc(C(=O)Nc2nc(CC(=O)N3CCC(C(N)=O)CC3)cs2)cc1OC. The van der Waals surface area contributed by atoms with Gasteiger partial charge < -0.3 is 20.1 Å². The van der Waals surface area contributed by atoms with Crippen LogP contribution in [0.3, 0.4) is 0 Å². The molecule has 0 radical (unpaired) electrons. The minimum Gasteiger partial charge on any atom is -0.493 e. The molecule has 0 spiro atoms. The van der Waals surface area contributed by atoms with Crippen molar-refractivity contribution in [2.45, 2.75) is 19.3 Å². The van der Waals surface area contributed by atoms with Crippen molar-refractivity contribution in [1.29, 1.82) is 0 Å². The number of nitrogens with zero attached hydrogens (tertiary/aromatic N) is 2. The van der Waals surface area contributed by atoms with Gasteiger partial charge in [-0.3, -0.25) is 19.7 Å². The molecule has 0 aliphatic carbocycles. The number of methoxy groups -OCH3 is 2. The molecule has 1 aromatic carbocycles. The summed E-state index contributed by atoms with van der Waals surface area (Å²) in [6, 6.07) is 4.87. The summed E-state index contributed by atoms with van der Waals surface area (Å²) in [5.41, 5.74) is 6.32. The second-order valence-corrected chi connectivity index (χ2v) is 7.76. The number of likely N-dealkylation sites (tertiary alicyclic amines) is 1. The van der Waals surface area contributed by atoms with Crippen LogP contribution in [0.2, 0.25) is 0 Å². The first-order valence-electron chi connectivity index (χ1n) is 9.46. The van der Waals surface area contributed by atoms with Crippen LogP contribution in [0.25, 0.3) is 0 Å². The summed E-state index contributed by atoms with van der Waals surface area (Å²) in [7, 11) is 3.02. The van der Waals surface area contributed by atoms with Gasteiger partial charge in [-0.05, 0) is 31.0 Å². The van der Waals surface area contributed by atoms with Gasteiger partial charge in [0.05, 0.1) is 26.3 Å². The topological polar surface area (TPSA) is 124 Å². The highest BCUT2D eigenvalue weighted by atomic mass is 32.1. The normalized spacial score (nSPS) is 14.3. The highest BCUT2D eigenvalue weighted by Gasteiger charge is 2.26. The molecule has 0 unspecified atom stereocenters. The van der Waals surface area contributed by atoms with E-state index in [0.717, 1.165) is 0 Å². The lowest BCUT2D eigenvalue weighted by Crippen LogP contribution is -2.42. The number of aromatic nitrogens is 1. The zero-order valence-electron chi connectivity index (χ0n) is 16.8. The van der Waals surface area contributed by atoms with Gasteiger partial charge >= 0.3 is 0 Å². The molecule has 160 valence electrons. The number of hydrogen-bond acceptors (Lipinski definition) is 7. The number of nitrogens with one attached hydrogen (secondary N) is 1. The summed E-state index contributed by atoms with van der Waals surface area (Å²) in [6.45, 7) is 1.03. The van der Waals surface area contributed by atoms with Crippen molar-refractivity contribution in [2.75, 3.05) is 32.6 Å². The summed E-state index contributed by atoms with van der Waals surface area (Å²) in [5, 5.41) is 4.89. The fraction of sp³-hybridized carbons (Fsp3) is 0.400. The Labute approximate surface area is 178 Å². The van der Waals surface area contributed by atoms with E-state index in [-0.39, 0.29) is 30.1 Å². The number of amides is 3. The monoisotopic (exact) mass is 432 g/mol. The van der Waals surface area contributed by atoms with Gasteiger partial charge in [-0.15, -0.1) is 11.3 Å². The first kappa shape index (κ1) is 21.6. The van der Waals surface area contributed by atoms with Gasteiger partial charge in [0.25, 0.3) is 5.91 Å². The molecule has 1 aliphatic rings. The summed E-state index contributed by atoms with van der Waals surface area (Å²) >= 11 is 1.25. The van der Waals surface area contributed by atoms with Gasteiger partial charge in [-0.2, -0.15) is 0 Å². The number of carbonyl (C=O) groups is 3. The number of ether oxygens (including phenoxy) is 2. The Bertz CT molecular complexity index is 937. The highest BCUT2D eigenvalue weighted by molar-refractivity contribution is 7.14. The number of benzene rings is 1. The molecule has 3 amide bonds. The maximum atomic E-state index is 12.5. The number of primary amides is 1. The molecule has 0 atom stereocenters. The van der Waals surface area contributed by atoms with Gasteiger partial charge in [0.15, 0.2) is 16.6 Å². The summed E-state index contributed by atoms with van der Waals surface area (Å²) in [4.78, 5) is 42.3. The number of thiazole rings is 1. The summed E-state index contributed by atoms with van der Waals surface area (Å²) < 4.78 is 10.4. The Morgan fingerprint density at radius 1 is 1.20 bits per heavy atom. The van der Waals surface area contributed by atoms with Crippen LogP contribution in [0.1, 0.15) is 28.9 Å². The van der Waals surface area contributed by atoms with Crippen LogP contribution in [0.4, 0.5) is 5.13 Å². The van der Waals surface area contributed by atoms with E-state index in [9.17, 15) is 14.4 Å². The molecule has 2 heterocycles. The third-order valence-corrected chi connectivity index (χ3v) is 5.81. The Morgan fingerprint density at radius 2 is 1.90 bits per heavy atom. The van der Waals surface area contributed by atoms with Crippen molar-refractivity contribution in [3.8, 4) is 11.5 Å². The smallest absolute Gasteiger partial charge is 0.257 e. The molecule has 0 bridgehead atoms. The lowest BCUT2D eigenvalue weighted by atomic mass is 9.96. The minimum atomic E-state index is -0.336. The van der Waals surface area contributed by atoms with Crippen LogP contribution in [0.5, 0.6) is 11.5 Å². The van der Waals surface area contributed by atoms with Crippen molar-refractivity contribution < 1.29 is 23.9 Å². The van der Waals surface area contributed by atoms with Gasteiger partial charge in [0.2, 0.25) is 11.8 Å². The van der Waals surface area contributed by atoms with E-state index in [0.29, 0.717) is 53.8 Å². The van der Waals surface area contributed by atoms with Crippen LogP contribution < -0.4 is 20.5 Å². The van der Waals surface area contributed by atoms with E-state index in [1.807, 2.05) is 0 Å². The van der Waals surface area contributed by atoms with Crippen molar-refractivity contribution in [3.63, 3.8) is 0 Å². The first-order chi connectivity index (χ1) is 14.4. The summed E-state index contributed by atoms with van der Waals surface area (Å²) in [6.07, 6.45) is 1.32. The quantitative estimate of drug-likeness (QED) is 0.686. The maximum absolute atomic E-state index is 12.5. The second kappa shape index (κ2) is 9.57. The van der Waals surface area contributed by atoms with Gasteiger partial charge in [-0.1, -0.05) is 0 Å². The molecular formula is C20H24N4O5S. The molecule has 0 saturated carbocycles. The molecular weight excluding hydrogens is 408 g/mol. The van der Waals surface area contributed by atoms with Gasteiger partial charge in [0.1, 0.15) is 0 Å². The van der Waals surface area contributed by atoms with Crippen LogP contribution in [0.15, 0.2) is 23.6 Å². The van der Waals surface area contributed by atoms with Crippen molar-refractivity contribution >= 4 is 34.2 Å². The van der Waals surface area contributed by atoms with Gasteiger partial charge in [0, 0.05) is 30.0 Å². The zero-order chi connectivity index (χ0) is 21.7. The van der Waals surface area contributed by atoms with E-state index in [1.165, 1.54) is 25.6 Å². The van der Waals surface area contributed by atoms with E-state index < -0.39 is 0 Å². The van der Waals surface area contributed by atoms with E-state index >= 15 is 0 Å². The van der Waals surface area contributed by atoms with E-state index in [4.69, 9.17) is 15.2 Å². The lowest BCUT2D eigenvalue weighted by molar-refractivity contribution is -0.134. The minimum absolute atomic E-state index is 0.0546. The maximum Gasteiger partial charge on any atom is 0.257 e.